The first-order valence-corrected chi connectivity index (χ1v) is 12.3. The van der Waals surface area contributed by atoms with Crippen LogP contribution in [-0.4, -0.2) is 47.6 Å². The molecule has 1 aromatic carbocycles. The summed E-state index contributed by atoms with van der Waals surface area (Å²) in [6.45, 7) is 7.37. The van der Waals surface area contributed by atoms with E-state index in [0.29, 0.717) is 42.6 Å². The predicted octanol–water partition coefficient (Wildman–Crippen LogP) is 4.88. The molecule has 3 rings (SSSR count). The Balaban J connectivity index is 1.81. The van der Waals surface area contributed by atoms with Crippen LogP contribution in [0.25, 0.3) is 11.3 Å². The molecule has 2 N–H and O–H groups in total. The topological polar surface area (TPSA) is 103 Å². The third-order valence-corrected chi connectivity index (χ3v) is 6.33. The summed E-state index contributed by atoms with van der Waals surface area (Å²) in [5, 5.41) is 23.2. The average molecular weight is 472 g/mol. The molecular weight excluding hydrogens is 434 g/mol. The van der Waals surface area contributed by atoms with Gasteiger partial charge >= 0.3 is 5.97 Å². The minimum Gasteiger partial charge on any atom is -0.507 e. The number of nitrogens with one attached hydrogen (secondary N) is 1. The highest BCUT2D eigenvalue weighted by molar-refractivity contribution is 5.75. The number of anilines is 1. The molecule has 2 atom stereocenters. The predicted molar refractivity (Wildman–Crippen MR) is 131 cm³/mol. The Kier molecular flexibility index (Phi) is 9.51. The van der Waals surface area contributed by atoms with E-state index in [2.05, 4.69) is 22.4 Å². The van der Waals surface area contributed by atoms with E-state index in [1.165, 1.54) is 0 Å². The second-order valence-electron chi connectivity index (χ2n) is 8.62. The highest BCUT2D eigenvalue weighted by Crippen LogP contribution is 2.38. The number of phenols is 1. The zero-order valence-electron chi connectivity index (χ0n) is 20.7. The number of hydrogen-bond donors (Lipinski definition) is 2. The summed E-state index contributed by atoms with van der Waals surface area (Å²) in [4.78, 5) is 12.1. The van der Waals surface area contributed by atoms with Crippen molar-refractivity contribution in [2.45, 2.75) is 71.9 Å². The van der Waals surface area contributed by atoms with E-state index >= 15 is 0 Å². The van der Waals surface area contributed by atoms with Crippen molar-refractivity contribution < 1.29 is 24.1 Å². The van der Waals surface area contributed by atoms with Crippen molar-refractivity contribution in [3.63, 3.8) is 0 Å². The van der Waals surface area contributed by atoms with Crippen molar-refractivity contribution in [1.29, 1.82) is 0 Å². The van der Waals surface area contributed by atoms with Gasteiger partial charge in [0, 0.05) is 24.3 Å². The van der Waals surface area contributed by atoms with Crippen LogP contribution in [0.4, 0.5) is 5.82 Å². The number of phenolic OH excluding ortho intramolecular Hbond substituents is 1. The Morgan fingerprint density at radius 1 is 1.15 bits per heavy atom. The van der Waals surface area contributed by atoms with Gasteiger partial charge in [-0.1, -0.05) is 13.8 Å². The molecule has 1 aliphatic heterocycles. The molecule has 2 aromatic rings. The fourth-order valence-electron chi connectivity index (χ4n) is 4.35. The molecule has 2 heterocycles. The molecule has 0 radical (unpaired) electrons. The van der Waals surface area contributed by atoms with Gasteiger partial charge in [-0.25, -0.2) is 0 Å². The van der Waals surface area contributed by atoms with Crippen molar-refractivity contribution in [2.24, 2.45) is 5.92 Å². The normalized spacial score (nSPS) is 15.1. The number of rotatable bonds is 10. The largest absolute Gasteiger partial charge is 0.507 e. The first kappa shape index (κ1) is 25.7. The average Bonchev–Trinajstić information content (AvgIpc) is 2.92. The Hall–Kier alpha value is -2.87. The van der Waals surface area contributed by atoms with Crippen LogP contribution in [0.5, 0.6) is 11.5 Å². The van der Waals surface area contributed by atoms with Crippen LogP contribution in [0.3, 0.4) is 0 Å². The zero-order valence-corrected chi connectivity index (χ0v) is 20.7. The molecular formula is C26H37N3O5. The number of methoxy groups -OCH3 is 1. The molecule has 0 bridgehead atoms. The van der Waals surface area contributed by atoms with E-state index < -0.39 is 0 Å². The van der Waals surface area contributed by atoms with Crippen molar-refractivity contribution >= 4 is 11.8 Å². The second-order valence-corrected chi connectivity index (χ2v) is 8.62. The number of carbonyl (C=O) groups excluding carboxylic acids is 1. The maximum Gasteiger partial charge on any atom is 0.308 e. The Morgan fingerprint density at radius 2 is 1.97 bits per heavy atom. The summed E-state index contributed by atoms with van der Waals surface area (Å²) in [6, 6.07) is 5.65. The van der Waals surface area contributed by atoms with Gasteiger partial charge in [0.1, 0.15) is 23.0 Å². The molecule has 0 spiro atoms. The lowest BCUT2D eigenvalue weighted by atomic mass is 9.96. The van der Waals surface area contributed by atoms with Crippen LogP contribution in [0, 0.1) is 5.92 Å². The number of esters is 1. The smallest absolute Gasteiger partial charge is 0.308 e. The van der Waals surface area contributed by atoms with Gasteiger partial charge in [0.2, 0.25) is 0 Å². The number of hydrogen-bond acceptors (Lipinski definition) is 8. The maximum atomic E-state index is 12.1. The molecule has 8 heteroatoms. The number of nitrogens with zero attached hydrogens (tertiary/aromatic N) is 2. The highest BCUT2D eigenvalue weighted by Gasteiger charge is 2.22. The van der Waals surface area contributed by atoms with Gasteiger partial charge in [-0.05, 0) is 68.7 Å². The Bertz CT molecular complexity index is 966. The number of aromatic nitrogens is 2. The van der Waals surface area contributed by atoms with Crippen LogP contribution in [0.15, 0.2) is 18.2 Å². The number of aryl methyl sites for hydroxylation is 1. The fraction of sp³-hybridized carbons (Fsp3) is 0.577. The molecule has 1 aromatic heterocycles. The number of aromatic hydroxyl groups is 1. The van der Waals surface area contributed by atoms with Crippen molar-refractivity contribution in [2.75, 3.05) is 25.6 Å². The third-order valence-electron chi connectivity index (χ3n) is 6.33. The lowest BCUT2D eigenvalue weighted by molar-refractivity contribution is -0.148. The molecule has 34 heavy (non-hydrogen) atoms. The number of benzene rings is 1. The summed E-state index contributed by atoms with van der Waals surface area (Å²) in [5.41, 5.74) is 3.15. The minimum atomic E-state index is -0.117. The molecule has 0 aliphatic carbocycles. The van der Waals surface area contributed by atoms with Gasteiger partial charge in [0.15, 0.2) is 0 Å². The quantitative estimate of drug-likeness (QED) is 0.473. The highest BCUT2D eigenvalue weighted by atomic mass is 16.5. The van der Waals surface area contributed by atoms with Crippen LogP contribution < -0.4 is 10.1 Å². The zero-order chi connectivity index (χ0) is 24.5. The molecule has 8 nitrogen and oxygen atoms in total. The Morgan fingerprint density at radius 3 is 2.68 bits per heavy atom. The molecule has 186 valence electrons. The molecule has 0 saturated heterocycles. The summed E-state index contributed by atoms with van der Waals surface area (Å²) in [5.74, 6) is 1.18. The lowest BCUT2D eigenvalue weighted by Crippen LogP contribution is -2.24. The summed E-state index contributed by atoms with van der Waals surface area (Å²) >= 11 is 0. The van der Waals surface area contributed by atoms with Crippen molar-refractivity contribution in [3.05, 3.63) is 29.3 Å². The summed E-state index contributed by atoms with van der Waals surface area (Å²) < 4.78 is 16.3. The maximum absolute atomic E-state index is 12.1. The van der Waals surface area contributed by atoms with Crippen LogP contribution in [0.2, 0.25) is 0 Å². The summed E-state index contributed by atoms with van der Waals surface area (Å²) in [7, 11) is 1.57. The van der Waals surface area contributed by atoms with E-state index in [4.69, 9.17) is 14.2 Å². The number of ether oxygens (including phenoxy) is 3. The van der Waals surface area contributed by atoms with Gasteiger partial charge in [-0.3, -0.25) is 4.79 Å². The van der Waals surface area contributed by atoms with Gasteiger partial charge in [0.05, 0.1) is 26.2 Å². The van der Waals surface area contributed by atoms with Crippen molar-refractivity contribution in [1.82, 2.24) is 10.2 Å². The Labute approximate surface area is 202 Å². The van der Waals surface area contributed by atoms with Crippen molar-refractivity contribution in [3.8, 4) is 22.8 Å². The van der Waals surface area contributed by atoms with Crippen LogP contribution in [-0.2, 0) is 27.3 Å². The first-order chi connectivity index (χ1) is 16.5. The molecule has 0 saturated carbocycles. The minimum absolute atomic E-state index is 0.0853. The van der Waals surface area contributed by atoms with Gasteiger partial charge in [0.25, 0.3) is 0 Å². The fourth-order valence-corrected chi connectivity index (χ4v) is 4.35. The van der Waals surface area contributed by atoms with Gasteiger partial charge in [-0.2, -0.15) is 0 Å². The lowest BCUT2D eigenvalue weighted by Gasteiger charge is -2.21. The van der Waals surface area contributed by atoms with E-state index in [-0.39, 0.29) is 23.7 Å². The van der Waals surface area contributed by atoms with Crippen LogP contribution in [0.1, 0.15) is 64.0 Å². The number of fused-ring (bicyclic) bond motifs is 3. The van der Waals surface area contributed by atoms with E-state index in [1.807, 2.05) is 26.0 Å². The monoisotopic (exact) mass is 471 g/mol. The first-order valence-electron chi connectivity index (χ1n) is 12.3. The molecule has 1 unspecified atom stereocenters. The molecule has 1 aliphatic rings. The standard InChI is InChI=1S/C26H37N3O5/c1-5-17(26(31)34-7-3)10-11-20(6-2)27-23-14-18-9-8-12-33-16-19-13-21(32-4)15-22(30)24(19)25(18)29-28-23/h13-15,17,20,30H,5-12,16H2,1-4H3,(H,27,28)/t17?,20-/m0/s1. The molecule has 0 fully saturated rings. The van der Waals surface area contributed by atoms with E-state index in [9.17, 15) is 9.90 Å². The van der Waals surface area contributed by atoms with Gasteiger partial charge < -0.3 is 24.6 Å². The number of carbonyl (C=O) groups is 1. The van der Waals surface area contributed by atoms with E-state index in [1.54, 1.807) is 13.2 Å². The van der Waals surface area contributed by atoms with Gasteiger partial charge in [-0.15, -0.1) is 10.2 Å². The second kappa shape index (κ2) is 12.6. The third kappa shape index (κ3) is 6.38. The summed E-state index contributed by atoms with van der Waals surface area (Å²) in [6.07, 6.45) is 4.88. The van der Waals surface area contributed by atoms with E-state index in [0.717, 1.165) is 49.7 Å². The van der Waals surface area contributed by atoms with Crippen LogP contribution >= 0.6 is 0 Å². The molecule has 0 amide bonds. The SMILES string of the molecule is CCOC(=O)C(CC)CC[C@H](CC)Nc1cc2c(nn1)-c1c(O)cc(OC)cc1COCCC2.